The van der Waals surface area contributed by atoms with Gasteiger partial charge in [-0.25, -0.2) is 0 Å². The minimum Gasteiger partial charge on any atom is -0.378 e. The van der Waals surface area contributed by atoms with Crippen molar-refractivity contribution >= 4 is 0 Å². The summed E-state index contributed by atoms with van der Waals surface area (Å²) in [6.45, 7) is 6.45. The van der Waals surface area contributed by atoms with Crippen molar-refractivity contribution in [1.29, 1.82) is 0 Å². The standard InChI is InChI=1S/C43H77NO/c1-5-7-9-11-13-15-17-19-21-23-25-27-29-31-33-35-37-40-43(45-42-38-41-44(3)4)39-36-34-32-30-28-26-24-22-20-18-16-14-12-10-8-6-2/h8-11,14-17,20-23,43H,5-7,12-13,18-19,24-42H2,1-4H3/b10-8+,11-9+,16-14+,17-15+,22-20+,23-21+. The van der Waals surface area contributed by atoms with Gasteiger partial charge in [0, 0.05) is 6.61 Å². The molecule has 0 aromatic rings. The highest BCUT2D eigenvalue weighted by molar-refractivity contribution is 4.98. The Morgan fingerprint density at radius 3 is 1.29 bits per heavy atom. The van der Waals surface area contributed by atoms with Crippen molar-refractivity contribution in [3.63, 3.8) is 0 Å². The quantitative estimate of drug-likeness (QED) is 0.0522. The Balaban J connectivity index is 3.86. The molecule has 0 saturated heterocycles. The predicted molar refractivity (Wildman–Crippen MR) is 205 cm³/mol. The van der Waals surface area contributed by atoms with E-state index in [2.05, 4.69) is 106 Å². The van der Waals surface area contributed by atoms with Gasteiger partial charge in [-0.1, -0.05) is 157 Å². The molecule has 0 amide bonds. The van der Waals surface area contributed by atoms with Crippen molar-refractivity contribution < 1.29 is 4.74 Å². The molecule has 45 heavy (non-hydrogen) atoms. The summed E-state index contributed by atoms with van der Waals surface area (Å²) in [7, 11) is 4.31. The lowest BCUT2D eigenvalue weighted by atomic mass is 10.0. The first-order chi connectivity index (χ1) is 22.2. The predicted octanol–water partition coefficient (Wildman–Crippen LogP) is 13.7. The van der Waals surface area contributed by atoms with Crippen molar-refractivity contribution in [2.75, 3.05) is 27.2 Å². The maximum Gasteiger partial charge on any atom is 0.0575 e. The normalized spacial score (nSPS) is 13.5. The summed E-state index contributed by atoms with van der Waals surface area (Å²) in [6.07, 6.45) is 58.4. The number of hydrogen-bond donors (Lipinski definition) is 0. The molecule has 0 aromatic carbocycles. The van der Waals surface area contributed by atoms with Gasteiger partial charge in [0.2, 0.25) is 0 Å². The molecule has 1 atom stereocenters. The molecule has 2 heteroatoms. The number of allylic oxidation sites excluding steroid dienone is 12. The third kappa shape index (κ3) is 38.5. The molecule has 0 rings (SSSR count). The average Bonchev–Trinajstić information content (AvgIpc) is 3.03. The molecular weight excluding hydrogens is 546 g/mol. The third-order valence-corrected chi connectivity index (χ3v) is 8.18. The van der Waals surface area contributed by atoms with Crippen molar-refractivity contribution in [2.24, 2.45) is 0 Å². The number of hydrogen-bond acceptors (Lipinski definition) is 2. The van der Waals surface area contributed by atoms with E-state index in [0.29, 0.717) is 6.10 Å². The van der Waals surface area contributed by atoms with E-state index in [1.54, 1.807) is 0 Å². The van der Waals surface area contributed by atoms with Crippen LogP contribution in [0.3, 0.4) is 0 Å². The van der Waals surface area contributed by atoms with E-state index in [0.717, 1.165) is 51.7 Å². The molecule has 0 heterocycles. The van der Waals surface area contributed by atoms with Gasteiger partial charge in [0.05, 0.1) is 6.10 Å². The molecule has 0 fully saturated rings. The van der Waals surface area contributed by atoms with Crippen LogP contribution in [0.2, 0.25) is 0 Å². The van der Waals surface area contributed by atoms with E-state index in [9.17, 15) is 0 Å². The molecular formula is C43H77NO. The minimum atomic E-state index is 0.473. The Bertz CT molecular complexity index is 741. The highest BCUT2D eigenvalue weighted by Crippen LogP contribution is 2.17. The third-order valence-electron chi connectivity index (χ3n) is 8.18. The first kappa shape index (κ1) is 43.4. The van der Waals surface area contributed by atoms with Crippen molar-refractivity contribution in [3.8, 4) is 0 Å². The van der Waals surface area contributed by atoms with Crippen LogP contribution in [-0.2, 0) is 4.74 Å². The lowest BCUT2D eigenvalue weighted by Gasteiger charge is -2.19. The van der Waals surface area contributed by atoms with Gasteiger partial charge in [-0.15, -0.1) is 0 Å². The summed E-state index contributed by atoms with van der Waals surface area (Å²) in [5.41, 5.74) is 0. The largest absolute Gasteiger partial charge is 0.378 e. The van der Waals surface area contributed by atoms with Crippen LogP contribution in [0.15, 0.2) is 72.9 Å². The summed E-state index contributed by atoms with van der Waals surface area (Å²) in [5.74, 6) is 0. The molecule has 0 aliphatic carbocycles. The summed E-state index contributed by atoms with van der Waals surface area (Å²) in [6, 6.07) is 0. The first-order valence-corrected chi connectivity index (χ1v) is 19.4. The van der Waals surface area contributed by atoms with Crippen molar-refractivity contribution in [1.82, 2.24) is 4.90 Å². The number of rotatable bonds is 34. The Hall–Kier alpha value is -1.64. The molecule has 2 nitrogen and oxygen atoms in total. The van der Waals surface area contributed by atoms with Crippen molar-refractivity contribution in [2.45, 2.75) is 174 Å². The molecule has 0 aliphatic heterocycles. The van der Waals surface area contributed by atoms with E-state index in [1.807, 2.05) is 0 Å². The summed E-state index contributed by atoms with van der Waals surface area (Å²) in [5, 5.41) is 0. The maximum atomic E-state index is 6.39. The monoisotopic (exact) mass is 624 g/mol. The summed E-state index contributed by atoms with van der Waals surface area (Å²) in [4.78, 5) is 2.26. The van der Waals surface area contributed by atoms with E-state index < -0.39 is 0 Å². The molecule has 0 bridgehead atoms. The fourth-order valence-corrected chi connectivity index (χ4v) is 5.40. The molecule has 1 unspecified atom stereocenters. The van der Waals surface area contributed by atoms with Crippen LogP contribution in [-0.4, -0.2) is 38.3 Å². The van der Waals surface area contributed by atoms with Gasteiger partial charge in [-0.05, 0) is 104 Å². The number of unbranched alkanes of at least 4 members (excludes halogenated alkanes) is 13. The Morgan fingerprint density at radius 2 is 0.844 bits per heavy atom. The SMILES string of the molecule is CC/C=C/C/C=C/C/C=C/CCCCCCCCC(CCCCCCCC/C=C/C/C=C/C/C=C/CCC)OCCCN(C)C. The molecule has 0 saturated carbocycles. The van der Waals surface area contributed by atoms with Gasteiger partial charge in [0.25, 0.3) is 0 Å². The number of nitrogens with zero attached hydrogens (tertiary/aromatic N) is 1. The molecule has 0 radical (unpaired) electrons. The van der Waals surface area contributed by atoms with Crippen LogP contribution in [0, 0.1) is 0 Å². The fourth-order valence-electron chi connectivity index (χ4n) is 5.40. The Labute approximate surface area is 283 Å². The lowest BCUT2D eigenvalue weighted by molar-refractivity contribution is 0.0342. The van der Waals surface area contributed by atoms with E-state index >= 15 is 0 Å². The van der Waals surface area contributed by atoms with Gasteiger partial charge in [-0.2, -0.15) is 0 Å². The van der Waals surface area contributed by atoms with Crippen LogP contribution in [0.25, 0.3) is 0 Å². The number of ether oxygens (including phenoxy) is 1. The summed E-state index contributed by atoms with van der Waals surface area (Å²) < 4.78 is 6.39. The van der Waals surface area contributed by atoms with E-state index in [4.69, 9.17) is 4.74 Å². The minimum absolute atomic E-state index is 0.473. The zero-order chi connectivity index (χ0) is 32.7. The Kier molecular flexibility index (Phi) is 37.1. The highest BCUT2D eigenvalue weighted by Gasteiger charge is 2.09. The van der Waals surface area contributed by atoms with Gasteiger partial charge in [0.1, 0.15) is 0 Å². The van der Waals surface area contributed by atoms with Crippen LogP contribution in [0.4, 0.5) is 0 Å². The van der Waals surface area contributed by atoms with E-state index in [-0.39, 0.29) is 0 Å². The molecule has 0 spiro atoms. The molecule has 0 aromatic heterocycles. The van der Waals surface area contributed by atoms with Crippen LogP contribution >= 0.6 is 0 Å². The second-order valence-electron chi connectivity index (χ2n) is 13.0. The second-order valence-corrected chi connectivity index (χ2v) is 13.0. The highest BCUT2D eigenvalue weighted by atomic mass is 16.5. The van der Waals surface area contributed by atoms with Gasteiger partial charge in [-0.3, -0.25) is 0 Å². The maximum absolute atomic E-state index is 6.39. The summed E-state index contributed by atoms with van der Waals surface area (Å²) >= 11 is 0. The fraction of sp³-hybridized carbons (Fsp3) is 0.721. The van der Waals surface area contributed by atoms with Crippen LogP contribution < -0.4 is 0 Å². The molecule has 260 valence electrons. The topological polar surface area (TPSA) is 12.5 Å². The smallest absolute Gasteiger partial charge is 0.0575 e. The van der Waals surface area contributed by atoms with Gasteiger partial charge in [0.15, 0.2) is 0 Å². The van der Waals surface area contributed by atoms with Crippen LogP contribution in [0.5, 0.6) is 0 Å². The first-order valence-electron chi connectivity index (χ1n) is 19.4. The van der Waals surface area contributed by atoms with E-state index in [1.165, 1.54) is 116 Å². The Morgan fingerprint density at radius 1 is 0.444 bits per heavy atom. The van der Waals surface area contributed by atoms with Crippen molar-refractivity contribution in [3.05, 3.63) is 72.9 Å². The second kappa shape index (κ2) is 38.5. The zero-order valence-corrected chi connectivity index (χ0v) is 30.7. The van der Waals surface area contributed by atoms with Gasteiger partial charge >= 0.3 is 0 Å². The molecule has 0 aliphatic rings. The van der Waals surface area contributed by atoms with Crippen LogP contribution in [0.1, 0.15) is 168 Å². The van der Waals surface area contributed by atoms with Gasteiger partial charge < -0.3 is 9.64 Å². The lowest BCUT2D eigenvalue weighted by Crippen LogP contribution is -2.18. The average molecular weight is 624 g/mol. The molecule has 0 N–H and O–H groups in total. The zero-order valence-electron chi connectivity index (χ0n) is 30.7.